The fraction of sp³-hybridized carbons (Fsp3) is 0.765. The first kappa shape index (κ1) is 17.7. The molecule has 0 aromatic heterocycles. The Balaban J connectivity index is 2.91. The summed E-state index contributed by atoms with van der Waals surface area (Å²) in [6.45, 7) is 6.41. The molecular weight excluding hydrogens is 268 g/mol. The number of hydrogen-bond acceptors (Lipinski definition) is 4. The molecule has 0 atom stereocenters. The molecular formula is C17H28O4. The fourth-order valence-corrected chi connectivity index (χ4v) is 2.68. The largest absolute Gasteiger partial charge is 0.462 e. The van der Waals surface area contributed by atoms with E-state index in [0.717, 1.165) is 44.1 Å². The van der Waals surface area contributed by atoms with Gasteiger partial charge in [-0.1, -0.05) is 33.1 Å². The zero-order valence-electron chi connectivity index (χ0n) is 13.6. The van der Waals surface area contributed by atoms with Crippen molar-refractivity contribution in [2.75, 3.05) is 13.2 Å². The van der Waals surface area contributed by atoms with Crippen molar-refractivity contribution in [3.8, 4) is 0 Å². The van der Waals surface area contributed by atoms with Crippen LogP contribution in [0.4, 0.5) is 0 Å². The number of rotatable bonds is 7. The van der Waals surface area contributed by atoms with E-state index in [1.54, 1.807) is 0 Å². The average molecular weight is 296 g/mol. The van der Waals surface area contributed by atoms with Gasteiger partial charge in [0.05, 0.1) is 13.2 Å². The Morgan fingerprint density at radius 2 is 1.38 bits per heavy atom. The molecule has 0 bridgehead atoms. The first-order chi connectivity index (χ1) is 10.1. The third-order valence-corrected chi connectivity index (χ3v) is 3.89. The van der Waals surface area contributed by atoms with Crippen LogP contribution in [0.2, 0.25) is 0 Å². The van der Waals surface area contributed by atoms with Crippen LogP contribution in [-0.2, 0) is 19.1 Å². The van der Waals surface area contributed by atoms with E-state index in [4.69, 9.17) is 9.47 Å². The SMILES string of the molecule is CCCOC(=O)C(C(=O)OCCC)=C(C)C1CCCCC1. The number of hydrogen-bond donors (Lipinski definition) is 0. The molecule has 0 heterocycles. The number of allylic oxidation sites excluding steroid dienone is 1. The lowest BCUT2D eigenvalue weighted by Crippen LogP contribution is -2.23. The van der Waals surface area contributed by atoms with Gasteiger partial charge >= 0.3 is 11.9 Å². The first-order valence-corrected chi connectivity index (χ1v) is 8.16. The molecule has 0 radical (unpaired) electrons. The van der Waals surface area contributed by atoms with Crippen molar-refractivity contribution < 1.29 is 19.1 Å². The van der Waals surface area contributed by atoms with E-state index in [1.807, 2.05) is 20.8 Å². The lowest BCUT2D eigenvalue weighted by atomic mass is 9.82. The Kier molecular flexibility index (Phi) is 8.09. The molecule has 1 aliphatic carbocycles. The molecule has 1 fully saturated rings. The number of esters is 2. The first-order valence-electron chi connectivity index (χ1n) is 8.16. The van der Waals surface area contributed by atoms with E-state index in [0.29, 0.717) is 19.1 Å². The van der Waals surface area contributed by atoms with Crippen LogP contribution < -0.4 is 0 Å². The molecule has 0 aliphatic heterocycles. The fourth-order valence-electron chi connectivity index (χ4n) is 2.68. The minimum atomic E-state index is -0.527. The van der Waals surface area contributed by atoms with E-state index in [2.05, 4.69) is 0 Å². The van der Waals surface area contributed by atoms with Gasteiger partial charge in [0.25, 0.3) is 0 Å². The molecule has 0 saturated heterocycles. The highest BCUT2D eigenvalue weighted by Gasteiger charge is 2.28. The molecule has 4 nitrogen and oxygen atoms in total. The maximum absolute atomic E-state index is 12.2. The van der Waals surface area contributed by atoms with Crippen LogP contribution >= 0.6 is 0 Å². The van der Waals surface area contributed by atoms with E-state index in [1.165, 1.54) is 6.42 Å². The van der Waals surface area contributed by atoms with Crippen LogP contribution in [0.1, 0.15) is 65.7 Å². The van der Waals surface area contributed by atoms with Gasteiger partial charge in [0.2, 0.25) is 0 Å². The summed E-state index contributed by atoms with van der Waals surface area (Å²) in [5, 5.41) is 0. The zero-order chi connectivity index (χ0) is 15.7. The summed E-state index contributed by atoms with van der Waals surface area (Å²) in [5.74, 6) is -0.751. The van der Waals surface area contributed by atoms with Gasteiger partial charge in [-0.25, -0.2) is 9.59 Å². The third kappa shape index (κ3) is 5.52. The van der Waals surface area contributed by atoms with Crippen molar-refractivity contribution in [3.05, 3.63) is 11.1 Å². The quantitative estimate of drug-likeness (QED) is 0.310. The summed E-state index contributed by atoms with van der Waals surface area (Å²) in [7, 11) is 0. The van der Waals surface area contributed by atoms with Crippen LogP contribution in [-0.4, -0.2) is 25.2 Å². The van der Waals surface area contributed by atoms with Crippen molar-refractivity contribution in [2.24, 2.45) is 5.92 Å². The summed E-state index contributed by atoms with van der Waals surface area (Å²) in [5.41, 5.74) is 0.973. The van der Waals surface area contributed by atoms with Gasteiger partial charge < -0.3 is 9.47 Å². The van der Waals surface area contributed by atoms with Gasteiger partial charge in [-0.15, -0.1) is 0 Å². The zero-order valence-corrected chi connectivity index (χ0v) is 13.6. The molecule has 0 spiro atoms. The Morgan fingerprint density at radius 1 is 0.905 bits per heavy atom. The highest BCUT2D eigenvalue weighted by Crippen LogP contribution is 2.31. The number of carbonyl (C=O) groups excluding carboxylic acids is 2. The van der Waals surface area contributed by atoms with Gasteiger partial charge in [0.1, 0.15) is 5.57 Å². The predicted molar refractivity (Wildman–Crippen MR) is 81.8 cm³/mol. The monoisotopic (exact) mass is 296 g/mol. The van der Waals surface area contributed by atoms with Gasteiger partial charge in [0.15, 0.2) is 0 Å². The van der Waals surface area contributed by atoms with E-state index in [-0.39, 0.29) is 5.57 Å². The highest BCUT2D eigenvalue weighted by molar-refractivity contribution is 6.14. The molecule has 1 aliphatic rings. The molecule has 120 valence electrons. The minimum absolute atomic E-state index is 0.129. The standard InChI is InChI=1S/C17H28O4/c1-4-11-20-16(18)15(17(19)21-12-5-2)13(3)14-9-7-6-8-10-14/h14H,4-12H2,1-3H3. The summed E-state index contributed by atoms with van der Waals surface area (Å²) in [6.07, 6.45) is 7.11. The van der Waals surface area contributed by atoms with Crippen molar-refractivity contribution in [3.63, 3.8) is 0 Å². The van der Waals surface area contributed by atoms with Crippen LogP contribution in [0.15, 0.2) is 11.1 Å². The van der Waals surface area contributed by atoms with E-state index in [9.17, 15) is 9.59 Å². The molecule has 0 amide bonds. The van der Waals surface area contributed by atoms with Gasteiger partial charge in [-0.3, -0.25) is 0 Å². The second kappa shape index (κ2) is 9.59. The lowest BCUT2D eigenvalue weighted by Gasteiger charge is -2.24. The van der Waals surface area contributed by atoms with E-state index < -0.39 is 11.9 Å². The Hall–Kier alpha value is -1.32. The maximum atomic E-state index is 12.2. The third-order valence-electron chi connectivity index (χ3n) is 3.89. The topological polar surface area (TPSA) is 52.6 Å². The van der Waals surface area contributed by atoms with Gasteiger partial charge in [0, 0.05) is 0 Å². The molecule has 0 N–H and O–H groups in total. The molecule has 0 aromatic carbocycles. The maximum Gasteiger partial charge on any atom is 0.345 e. The lowest BCUT2D eigenvalue weighted by molar-refractivity contribution is -0.147. The summed E-state index contributed by atoms with van der Waals surface area (Å²) < 4.78 is 10.3. The van der Waals surface area contributed by atoms with Crippen molar-refractivity contribution in [2.45, 2.75) is 65.7 Å². The number of carbonyl (C=O) groups is 2. The van der Waals surface area contributed by atoms with Crippen LogP contribution in [0, 0.1) is 5.92 Å². The van der Waals surface area contributed by atoms with Crippen molar-refractivity contribution in [1.29, 1.82) is 0 Å². The molecule has 4 heteroatoms. The predicted octanol–water partition coefficient (Wildman–Crippen LogP) is 3.79. The molecule has 21 heavy (non-hydrogen) atoms. The van der Waals surface area contributed by atoms with Gasteiger partial charge in [-0.2, -0.15) is 0 Å². The molecule has 0 unspecified atom stereocenters. The van der Waals surface area contributed by atoms with Gasteiger partial charge in [-0.05, 0) is 44.1 Å². The second-order valence-corrected chi connectivity index (χ2v) is 5.66. The Labute approximate surface area is 127 Å². The summed E-state index contributed by atoms with van der Waals surface area (Å²) in [4.78, 5) is 24.4. The van der Waals surface area contributed by atoms with Crippen LogP contribution in [0.3, 0.4) is 0 Å². The summed E-state index contributed by atoms with van der Waals surface area (Å²) >= 11 is 0. The number of ether oxygens (including phenoxy) is 2. The summed E-state index contributed by atoms with van der Waals surface area (Å²) in [6, 6.07) is 0. The Morgan fingerprint density at radius 3 is 1.81 bits per heavy atom. The average Bonchev–Trinajstić information content (AvgIpc) is 2.51. The van der Waals surface area contributed by atoms with Crippen molar-refractivity contribution in [1.82, 2.24) is 0 Å². The van der Waals surface area contributed by atoms with Crippen LogP contribution in [0.5, 0.6) is 0 Å². The molecule has 1 saturated carbocycles. The van der Waals surface area contributed by atoms with Crippen LogP contribution in [0.25, 0.3) is 0 Å². The van der Waals surface area contributed by atoms with Crippen molar-refractivity contribution >= 4 is 11.9 Å². The Bertz CT molecular complexity index is 356. The molecule has 0 aromatic rings. The normalized spacial score (nSPS) is 15.4. The molecule has 1 rings (SSSR count). The second-order valence-electron chi connectivity index (χ2n) is 5.66. The minimum Gasteiger partial charge on any atom is -0.462 e. The highest BCUT2D eigenvalue weighted by atomic mass is 16.6. The smallest absolute Gasteiger partial charge is 0.345 e. The van der Waals surface area contributed by atoms with E-state index >= 15 is 0 Å².